The van der Waals surface area contributed by atoms with Crippen LogP contribution in [0.1, 0.15) is 0 Å². The van der Waals surface area contributed by atoms with Crippen LogP contribution in [0.5, 0.6) is 0 Å². The number of hydrogen-bond donors (Lipinski definition) is 1. The molecule has 0 aliphatic heterocycles. The van der Waals surface area contributed by atoms with Gasteiger partial charge in [0.05, 0.1) is 16.6 Å². The van der Waals surface area contributed by atoms with Gasteiger partial charge in [-0.15, -0.1) is 0 Å². The van der Waals surface area contributed by atoms with E-state index in [2.05, 4.69) is 37.7 Å². The Morgan fingerprint density at radius 1 is 1.35 bits per heavy atom. The molecule has 0 fully saturated rings. The summed E-state index contributed by atoms with van der Waals surface area (Å²) in [5, 5.41) is 16.1. The van der Waals surface area contributed by atoms with Crippen LogP contribution in [0.25, 0.3) is 16.7 Å². The van der Waals surface area contributed by atoms with Crippen molar-refractivity contribution in [3.05, 3.63) is 44.3 Å². The van der Waals surface area contributed by atoms with Gasteiger partial charge in [-0.25, -0.2) is 9.67 Å². The largest absolute Gasteiger partial charge is 0.368 e. The molecular weight excluding hydrogens is 375 g/mol. The van der Waals surface area contributed by atoms with Gasteiger partial charge in [-0.1, -0.05) is 6.07 Å². The molecule has 0 spiro atoms. The molecule has 2 heterocycles. The van der Waals surface area contributed by atoms with Crippen molar-refractivity contribution >= 4 is 45.1 Å². The summed E-state index contributed by atoms with van der Waals surface area (Å²) in [4.78, 5) is 18.1. The van der Waals surface area contributed by atoms with Gasteiger partial charge >= 0.3 is 5.69 Å². The summed E-state index contributed by atoms with van der Waals surface area (Å²) < 4.78 is 2.38. The Morgan fingerprint density at radius 3 is 2.90 bits per heavy atom. The predicted molar refractivity (Wildman–Crippen MR) is 80.4 cm³/mol. The van der Waals surface area contributed by atoms with E-state index < -0.39 is 4.92 Å². The van der Waals surface area contributed by atoms with Crippen molar-refractivity contribution in [2.24, 2.45) is 0 Å². The highest BCUT2D eigenvalue weighted by Crippen LogP contribution is 2.25. The van der Waals surface area contributed by atoms with E-state index in [0.717, 1.165) is 20.7 Å². The average Bonchev–Trinajstić information content (AvgIpc) is 2.81. The number of aromatic nitrogens is 4. The van der Waals surface area contributed by atoms with Crippen LogP contribution in [0, 0.1) is 13.7 Å². The smallest absolute Gasteiger partial charge is 0.332 e. The summed E-state index contributed by atoms with van der Waals surface area (Å²) in [6.45, 7) is 0. The predicted octanol–water partition coefficient (Wildman–Crippen LogP) is 1.91. The van der Waals surface area contributed by atoms with Crippen molar-refractivity contribution in [3.63, 3.8) is 0 Å². The second-order valence-electron chi connectivity index (χ2n) is 3.95. The number of nitrogen functional groups attached to an aromatic ring is 1. The van der Waals surface area contributed by atoms with Gasteiger partial charge in [0.1, 0.15) is 6.20 Å². The quantitative estimate of drug-likeness (QED) is 0.412. The summed E-state index contributed by atoms with van der Waals surface area (Å²) in [6, 6.07) is 5.68. The first-order valence-corrected chi connectivity index (χ1v) is 6.54. The Bertz CT molecular complexity index is 831. The maximum Gasteiger partial charge on any atom is 0.332 e. The Morgan fingerprint density at radius 2 is 2.15 bits per heavy atom. The lowest BCUT2D eigenvalue weighted by Crippen LogP contribution is -2.07. The van der Waals surface area contributed by atoms with Crippen LogP contribution in [-0.4, -0.2) is 24.7 Å². The molecule has 3 aromatic rings. The van der Waals surface area contributed by atoms with Crippen molar-refractivity contribution in [1.82, 2.24) is 19.7 Å². The zero-order valence-electron chi connectivity index (χ0n) is 9.89. The van der Waals surface area contributed by atoms with E-state index in [0.29, 0.717) is 0 Å². The SMILES string of the molecule is Nc1ncc([N+](=O)[O-])c(-n2ncc3ccc(I)cc32)n1. The minimum atomic E-state index is -0.559. The van der Waals surface area contributed by atoms with Gasteiger partial charge in [0.25, 0.3) is 0 Å². The Labute approximate surface area is 125 Å². The first-order valence-electron chi connectivity index (χ1n) is 5.47. The third-order valence-corrected chi connectivity index (χ3v) is 3.37. The fraction of sp³-hybridized carbons (Fsp3) is 0. The van der Waals surface area contributed by atoms with Crippen LogP contribution in [0.4, 0.5) is 11.6 Å². The highest BCUT2D eigenvalue weighted by atomic mass is 127. The molecule has 0 aliphatic rings. The fourth-order valence-corrected chi connectivity index (χ4v) is 2.30. The number of halogens is 1. The number of nitro groups is 1. The molecule has 0 unspecified atom stereocenters. The highest BCUT2D eigenvalue weighted by Gasteiger charge is 2.20. The minimum absolute atomic E-state index is 0.0418. The zero-order valence-corrected chi connectivity index (χ0v) is 12.1. The standard InChI is InChI=1S/C11H7IN6O2/c12-7-2-1-6-4-15-17(8(6)3-7)10-9(18(19)20)5-14-11(13)16-10/h1-5H,(H2,13,14,16). The molecule has 0 bridgehead atoms. The van der Waals surface area contributed by atoms with Crippen LogP contribution in [0.3, 0.4) is 0 Å². The number of hydrogen-bond acceptors (Lipinski definition) is 6. The fourth-order valence-electron chi connectivity index (χ4n) is 1.82. The number of rotatable bonds is 2. The van der Waals surface area contributed by atoms with Crippen LogP contribution < -0.4 is 5.73 Å². The third-order valence-electron chi connectivity index (χ3n) is 2.70. The van der Waals surface area contributed by atoms with Gasteiger partial charge in [0.15, 0.2) is 0 Å². The minimum Gasteiger partial charge on any atom is -0.368 e. The molecule has 3 rings (SSSR count). The molecule has 0 radical (unpaired) electrons. The normalized spacial score (nSPS) is 10.8. The number of anilines is 1. The molecule has 0 atom stereocenters. The maximum absolute atomic E-state index is 11.1. The molecule has 20 heavy (non-hydrogen) atoms. The molecule has 8 nitrogen and oxygen atoms in total. The lowest BCUT2D eigenvalue weighted by molar-refractivity contribution is -0.385. The maximum atomic E-state index is 11.1. The lowest BCUT2D eigenvalue weighted by Gasteiger charge is -2.04. The second-order valence-corrected chi connectivity index (χ2v) is 5.20. The average molecular weight is 382 g/mol. The molecule has 2 N–H and O–H groups in total. The van der Waals surface area contributed by atoms with E-state index in [4.69, 9.17) is 5.73 Å². The summed E-state index contributed by atoms with van der Waals surface area (Å²) in [6.07, 6.45) is 2.70. The lowest BCUT2D eigenvalue weighted by atomic mass is 10.2. The summed E-state index contributed by atoms with van der Waals surface area (Å²) in [7, 11) is 0. The van der Waals surface area contributed by atoms with E-state index in [1.165, 1.54) is 4.68 Å². The van der Waals surface area contributed by atoms with Crippen molar-refractivity contribution in [3.8, 4) is 5.82 Å². The molecule has 0 amide bonds. The molecule has 0 aliphatic carbocycles. The molecule has 2 aromatic heterocycles. The summed E-state index contributed by atoms with van der Waals surface area (Å²) in [5.41, 5.74) is 5.99. The molecule has 1 aromatic carbocycles. The van der Waals surface area contributed by atoms with Gasteiger partial charge in [0.2, 0.25) is 11.8 Å². The molecule has 0 saturated carbocycles. The topological polar surface area (TPSA) is 113 Å². The first-order chi connectivity index (χ1) is 9.56. The van der Waals surface area contributed by atoms with Crippen molar-refractivity contribution in [2.45, 2.75) is 0 Å². The number of nitrogens with zero attached hydrogens (tertiary/aromatic N) is 5. The van der Waals surface area contributed by atoms with Gasteiger partial charge in [-0.2, -0.15) is 10.1 Å². The van der Waals surface area contributed by atoms with Crippen molar-refractivity contribution in [2.75, 3.05) is 5.73 Å². The zero-order chi connectivity index (χ0) is 14.3. The van der Waals surface area contributed by atoms with E-state index >= 15 is 0 Å². The van der Waals surface area contributed by atoms with Crippen LogP contribution in [-0.2, 0) is 0 Å². The molecular formula is C11H7IN6O2. The van der Waals surface area contributed by atoms with E-state index in [1.807, 2.05) is 18.2 Å². The summed E-state index contributed by atoms with van der Waals surface area (Å²) >= 11 is 2.16. The van der Waals surface area contributed by atoms with Crippen LogP contribution in [0.2, 0.25) is 0 Å². The van der Waals surface area contributed by atoms with Gasteiger partial charge in [-0.05, 0) is 34.7 Å². The monoisotopic (exact) mass is 382 g/mol. The molecule has 100 valence electrons. The highest BCUT2D eigenvalue weighted by molar-refractivity contribution is 14.1. The Balaban J connectivity index is 2.33. The van der Waals surface area contributed by atoms with Crippen molar-refractivity contribution in [1.29, 1.82) is 0 Å². The third kappa shape index (κ3) is 2.05. The Hall–Kier alpha value is -2.30. The van der Waals surface area contributed by atoms with Crippen LogP contribution in [0.15, 0.2) is 30.6 Å². The van der Waals surface area contributed by atoms with Crippen LogP contribution >= 0.6 is 22.6 Å². The molecule has 0 saturated heterocycles. The number of nitrogens with two attached hydrogens (primary N) is 1. The first kappa shape index (κ1) is 12.7. The van der Waals surface area contributed by atoms with E-state index in [-0.39, 0.29) is 17.5 Å². The van der Waals surface area contributed by atoms with Gasteiger partial charge in [-0.3, -0.25) is 10.1 Å². The van der Waals surface area contributed by atoms with E-state index in [9.17, 15) is 10.1 Å². The van der Waals surface area contributed by atoms with Gasteiger partial charge in [0, 0.05) is 8.96 Å². The number of benzene rings is 1. The van der Waals surface area contributed by atoms with Crippen molar-refractivity contribution < 1.29 is 4.92 Å². The number of fused-ring (bicyclic) bond motifs is 1. The second kappa shape index (κ2) is 4.67. The molecule has 9 heteroatoms. The van der Waals surface area contributed by atoms with E-state index in [1.54, 1.807) is 6.20 Å². The Kier molecular flexibility index (Phi) is 2.97. The summed E-state index contributed by atoms with van der Waals surface area (Å²) in [5.74, 6) is 0.0133. The van der Waals surface area contributed by atoms with Gasteiger partial charge < -0.3 is 5.73 Å².